The highest BCUT2D eigenvalue weighted by Crippen LogP contribution is 2.49. The molecule has 1 amide bonds. The molecule has 2 atom stereocenters. The lowest BCUT2D eigenvalue weighted by Crippen LogP contribution is -2.63. The molecule has 0 radical (unpaired) electrons. The number of ether oxygens (including phenoxy) is 2. The number of hydrogen-bond donors (Lipinski definition) is 1. The van der Waals surface area contributed by atoms with Crippen molar-refractivity contribution in [1.82, 2.24) is 14.8 Å². The Hall–Kier alpha value is -3.32. The Labute approximate surface area is 206 Å². The molecule has 7 nitrogen and oxygen atoms in total. The molecule has 2 aromatic carbocycles. The molecule has 1 N–H and O–H groups in total. The summed E-state index contributed by atoms with van der Waals surface area (Å²) in [5.74, 6) is 0.563. The minimum Gasteiger partial charge on any atom is -0.496 e. The van der Waals surface area contributed by atoms with Crippen molar-refractivity contribution >= 4 is 17.0 Å². The zero-order valence-corrected chi connectivity index (χ0v) is 21.4. The Morgan fingerprint density at radius 1 is 1.11 bits per heavy atom. The number of pyridine rings is 1. The van der Waals surface area contributed by atoms with Crippen LogP contribution in [0.15, 0.2) is 59.4 Å². The Morgan fingerprint density at radius 3 is 2.46 bits per heavy atom. The number of aromatic nitrogens is 1. The Balaban J connectivity index is 1.98. The summed E-state index contributed by atoms with van der Waals surface area (Å²) in [6.45, 7) is 6.18. The maximum absolute atomic E-state index is 13.6. The molecule has 0 saturated carbocycles. The summed E-state index contributed by atoms with van der Waals surface area (Å²) in [5.41, 5.74) is 1.14. The molecule has 1 saturated heterocycles. The van der Waals surface area contributed by atoms with Crippen LogP contribution in [0.5, 0.6) is 5.75 Å². The van der Waals surface area contributed by atoms with Crippen molar-refractivity contribution in [2.24, 2.45) is 7.05 Å². The highest BCUT2D eigenvalue weighted by molar-refractivity contribution is 5.82. The first-order valence-corrected chi connectivity index (χ1v) is 12.0. The molecular weight excluding hydrogens is 442 g/mol. The molecule has 1 fully saturated rings. The number of aryl methyl sites for hydroxylation is 1. The number of likely N-dealkylation sites (N-methyl/N-ethyl adjacent to an activating group) is 1. The topological polar surface area (TPSA) is 72.8 Å². The molecule has 3 aromatic rings. The highest BCUT2D eigenvalue weighted by atomic mass is 16.6. The largest absolute Gasteiger partial charge is 0.496 e. The van der Waals surface area contributed by atoms with Crippen LogP contribution in [-0.2, 0) is 17.4 Å². The van der Waals surface area contributed by atoms with Gasteiger partial charge in [0.25, 0.3) is 5.56 Å². The van der Waals surface area contributed by atoms with Gasteiger partial charge in [-0.3, -0.25) is 15.0 Å². The van der Waals surface area contributed by atoms with E-state index in [2.05, 4.69) is 5.32 Å². The Kier molecular flexibility index (Phi) is 6.64. The highest BCUT2D eigenvalue weighted by Gasteiger charge is 2.51. The summed E-state index contributed by atoms with van der Waals surface area (Å²) in [4.78, 5) is 27.8. The fourth-order valence-corrected chi connectivity index (χ4v) is 5.33. The van der Waals surface area contributed by atoms with Gasteiger partial charge in [0.2, 0.25) is 0 Å². The van der Waals surface area contributed by atoms with Gasteiger partial charge in [-0.25, -0.2) is 4.79 Å². The average molecular weight is 478 g/mol. The Morgan fingerprint density at radius 2 is 1.83 bits per heavy atom. The van der Waals surface area contributed by atoms with Crippen LogP contribution in [0.2, 0.25) is 0 Å². The number of benzene rings is 2. The first-order chi connectivity index (χ1) is 16.6. The van der Waals surface area contributed by atoms with Crippen LogP contribution in [-0.4, -0.2) is 41.9 Å². The number of carbonyl (C=O) groups is 1. The van der Waals surface area contributed by atoms with Crippen molar-refractivity contribution in [2.75, 3.05) is 20.7 Å². The zero-order chi connectivity index (χ0) is 25.4. The van der Waals surface area contributed by atoms with Gasteiger partial charge in [0, 0.05) is 36.5 Å². The second kappa shape index (κ2) is 9.38. The number of likely N-dealkylation sites (tertiary alicyclic amines) is 1. The molecule has 0 spiro atoms. The molecule has 35 heavy (non-hydrogen) atoms. The number of methoxy groups -OCH3 is 1. The van der Waals surface area contributed by atoms with E-state index in [1.54, 1.807) is 24.8 Å². The lowest BCUT2D eigenvalue weighted by molar-refractivity contribution is -0.0366. The number of carbonyl (C=O) groups excluding carboxylic acids is 1. The van der Waals surface area contributed by atoms with Crippen LogP contribution in [0.1, 0.15) is 50.7 Å². The van der Waals surface area contributed by atoms with E-state index in [0.29, 0.717) is 6.54 Å². The second-order valence-electron chi connectivity index (χ2n) is 10.1. The predicted molar refractivity (Wildman–Crippen MR) is 138 cm³/mol. The van der Waals surface area contributed by atoms with Crippen molar-refractivity contribution in [1.29, 1.82) is 0 Å². The number of hydrogen-bond acceptors (Lipinski definition) is 5. The zero-order valence-electron chi connectivity index (χ0n) is 21.4. The van der Waals surface area contributed by atoms with E-state index in [9.17, 15) is 9.59 Å². The molecule has 2 heterocycles. The van der Waals surface area contributed by atoms with Gasteiger partial charge in [0.05, 0.1) is 12.6 Å². The number of fused-ring (bicyclic) bond motifs is 1. The van der Waals surface area contributed by atoms with Crippen molar-refractivity contribution < 1.29 is 14.3 Å². The summed E-state index contributed by atoms with van der Waals surface area (Å²) < 4.78 is 13.4. The number of amides is 1. The van der Waals surface area contributed by atoms with Crippen molar-refractivity contribution in [2.45, 2.75) is 50.8 Å². The monoisotopic (exact) mass is 477 g/mol. The molecule has 1 aliphatic heterocycles. The molecule has 1 aliphatic rings. The first-order valence-electron chi connectivity index (χ1n) is 12.0. The third-order valence-electron chi connectivity index (χ3n) is 6.87. The summed E-state index contributed by atoms with van der Waals surface area (Å²) >= 11 is 0. The predicted octanol–water partition coefficient (Wildman–Crippen LogP) is 4.73. The fourth-order valence-electron chi connectivity index (χ4n) is 5.33. The van der Waals surface area contributed by atoms with Gasteiger partial charge < -0.3 is 14.0 Å². The van der Waals surface area contributed by atoms with E-state index in [1.807, 2.05) is 81.2 Å². The van der Waals surface area contributed by atoms with E-state index < -0.39 is 11.3 Å². The van der Waals surface area contributed by atoms with Crippen LogP contribution in [0, 0.1) is 0 Å². The van der Waals surface area contributed by atoms with Crippen molar-refractivity contribution in [3.63, 3.8) is 0 Å². The van der Waals surface area contributed by atoms with Gasteiger partial charge in [-0.2, -0.15) is 0 Å². The lowest BCUT2D eigenvalue weighted by Gasteiger charge is -2.52. The van der Waals surface area contributed by atoms with E-state index >= 15 is 0 Å². The first kappa shape index (κ1) is 24.8. The number of rotatable bonds is 4. The number of piperidine rings is 1. The van der Waals surface area contributed by atoms with Crippen LogP contribution in [0.25, 0.3) is 10.9 Å². The third kappa shape index (κ3) is 4.41. The summed E-state index contributed by atoms with van der Waals surface area (Å²) in [5, 5.41) is 4.44. The third-order valence-corrected chi connectivity index (χ3v) is 6.87. The minimum absolute atomic E-state index is 0.0735. The van der Waals surface area contributed by atoms with Crippen molar-refractivity contribution in [3.05, 3.63) is 76.1 Å². The number of nitrogens with one attached hydrogen (secondary N) is 1. The van der Waals surface area contributed by atoms with Gasteiger partial charge in [-0.15, -0.1) is 0 Å². The normalized spacial score (nSPS) is 20.6. The smallest absolute Gasteiger partial charge is 0.412 e. The molecule has 7 heteroatoms. The van der Waals surface area contributed by atoms with Gasteiger partial charge >= 0.3 is 6.09 Å². The number of nitrogens with zero attached hydrogens (tertiary/aromatic N) is 2. The van der Waals surface area contributed by atoms with Gasteiger partial charge in [0.15, 0.2) is 0 Å². The van der Waals surface area contributed by atoms with Gasteiger partial charge in [-0.1, -0.05) is 30.3 Å². The van der Waals surface area contributed by atoms with Crippen LogP contribution < -0.4 is 15.6 Å². The molecule has 0 bridgehead atoms. The average Bonchev–Trinajstić information content (AvgIpc) is 2.84. The summed E-state index contributed by atoms with van der Waals surface area (Å²) in [6.07, 6.45) is 1.25. The van der Waals surface area contributed by atoms with E-state index in [4.69, 9.17) is 9.47 Å². The lowest BCUT2D eigenvalue weighted by atomic mass is 9.74. The maximum atomic E-state index is 13.6. The molecule has 4 rings (SSSR count). The van der Waals surface area contributed by atoms with Crippen LogP contribution in [0.3, 0.4) is 0 Å². The minimum atomic E-state index is -0.879. The molecular formula is C28H35N3O4. The molecule has 186 valence electrons. The summed E-state index contributed by atoms with van der Waals surface area (Å²) in [7, 11) is 5.31. The molecule has 0 aliphatic carbocycles. The van der Waals surface area contributed by atoms with Gasteiger partial charge in [-0.05, 0) is 64.4 Å². The van der Waals surface area contributed by atoms with Crippen LogP contribution >= 0.6 is 0 Å². The van der Waals surface area contributed by atoms with Gasteiger partial charge in [0.1, 0.15) is 17.0 Å². The summed E-state index contributed by atoms with van der Waals surface area (Å²) in [6, 6.07) is 17.4. The Bertz CT molecular complexity index is 1280. The van der Waals surface area contributed by atoms with E-state index in [-0.39, 0.29) is 17.6 Å². The second-order valence-corrected chi connectivity index (χ2v) is 10.1. The van der Waals surface area contributed by atoms with E-state index in [0.717, 1.165) is 40.6 Å². The quantitative estimate of drug-likeness (QED) is 0.588. The SMILES string of the molecule is CN[C@@]1(c2ccccc2)[C@H](c2cc3c(ccc(=O)n3C)cc2OC)CCCN1C(=O)OC(C)(C)C. The fraction of sp³-hybridized carbons (Fsp3) is 0.429. The standard InChI is InChI=1S/C28H35N3O4/c1-27(2,3)35-26(33)31-16-10-13-22(28(31,29-4)20-11-8-7-9-12-20)21-18-23-19(17-24(21)34-6)14-15-25(32)30(23)5/h7-9,11-12,14-15,17-18,22,29H,10,13,16H2,1-6H3/t22-,28+/m0/s1. The van der Waals surface area contributed by atoms with Crippen LogP contribution in [0.4, 0.5) is 4.79 Å². The van der Waals surface area contributed by atoms with E-state index in [1.165, 1.54) is 0 Å². The maximum Gasteiger partial charge on any atom is 0.412 e. The molecule has 1 aromatic heterocycles. The molecule has 0 unspecified atom stereocenters. The van der Waals surface area contributed by atoms with Crippen molar-refractivity contribution in [3.8, 4) is 5.75 Å².